The van der Waals surface area contributed by atoms with Gasteiger partial charge in [-0.15, -0.1) is 0 Å². The number of nitrogens with one attached hydrogen (secondary N) is 1. The highest BCUT2D eigenvalue weighted by Crippen LogP contribution is 2.29. The van der Waals surface area contributed by atoms with Gasteiger partial charge in [0, 0.05) is 32.0 Å². The molecule has 0 radical (unpaired) electrons. The number of nitrogens with zero attached hydrogens (tertiary/aromatic N) is 3. The van der Waals surface area contributed by atoms with Crippen molar-refractivity contribution in [1.82, 2.24) is 4.90 Å². The molecule has 4 rings (SSSR count). The average Bonchev–Trinajstić information content (AvgIpc) is 3.12. The smallest absolute Gasteiger partial charge is 0.256 e. The van der Waals surface area contributed by atoms with Crippen LogP contribution in [0.1, 0.15) is 12.0 Å². The molecule has 3 aromatic rings. The summed E-state index contributed by atoms with van der Waals surface area (Å²) in [4.78, 5) is 32.0. The Kier molecular flexibility index (Phi) is 7.85. The van der Waals surface area contributed by atoms with Gasteiger partial charge < -0.3 is 19.9 Å². The second-order valence-corrected chi connectivity index (χ2v) is 9.16. The maximum atomic E-state index is 13.6. The average molecular weight is 503 g/mol. The van der Waals surface area contributed by atoms with E-state index >= 15 is 0 Å². The van der Waals surface area contributed by atoms with Gasteiger partial charge in [-0.05, 0) is 72.7 Å². The molecule has 0 bridgehead atoms. The van der Waals surface area contributed by atoms with Crippen LogP contribution in [-0.4, -0.2) is 55.6 Å². The molecule has 1 fully saturated rings. The normalized spacial score (nSPS) is 15.2. The molecule has 8 heteroatoms. The lowest BCUT2D eigenvalue weighted by atomic mass is 10.1. The predicted molar refractivity (Wildman–Crippen MR) is 148 cm³/mol. The predicted octanol–water partition coefficient (Wildman–Crippen LogP) is 4.33. The van der Waals surface area contributed by atoms with Crippen LogP contribution < -0.4 is 19.9 Å². The summed E-state index contributed by atoms with van der Waals surface area (Å²) >= 11 is 5.78. The monoisotopic (exact) mass is 502 g/mol. The number of anilines is 3. The number of amides is 2. The van der Waals surface area contributed by atoms with Gasteiger partial charge in [0.05, 0.1) is 19.2 Å². The molecular weight excluding hydrogens is 472 g/mol. The second kappa shape index (κ2) is 11.2. The van der Waals surface area contributed by atoms with E-state index in [2.05, 4.69) is 5.32 Å². The third kappa shape index (κ3) is 5.66. The number of benzene rings is 3. The lowest BCUT2D eigenvalue weighted by Gasteiger charge is -2.24. The SMILES string of the molecule is COc1ccc(NC(=O)CC2C(=O)N(c3ccc(N(C)C)cc3)C(=S)N2CCc2ccccc2)cc1. The van der Waals surface area contributed by atoms with Crippen LogP contribution in [0, 0.1) is 0 Å². The van der Waals surface area contributed by atoms with E-state index in [1.807, 2.05) is 78.5 Å². The van der Waals surface area contributed by atoms with Crippen LogP contribution in [0.5, 0.6) is 5.75 Å². The summed E-state index contributed by atoms with van der Waals surface area (Å²) in [7, 11) is 5.51. The maximum Gasteiger partial charge on any atom is 0.256 e. The summed E-state index contributed by atoms with van der Waals surface area (Å²) < 4.78 is 5.17. The summed E-state index contributed by atoms with van der Waals surface area (Å²) in [6.07, 6.45) is 0.699. The number of carbonyl (C=O) groups is 2. The van der Waals surface area contributed by atoms with E-state index < -0.39 is 6.04 Å². The summed E-state index contributed by atoms with van der Waals surface area (Å²) in [5, 5.41) is 3.30. The highest BCUT2D eigenvalue weighted by Gasteiger charge is 2.43. The van der Waals surface area contributed by atoms with Gasteiger partial charge >= 0.3 is 0 Å². The summed E-state index contributed by atoms with van der Waals surface area (Å²) in [6.45, 7) is 0.529. The number of hydrogen-bond donors (Lipinski definition) is 1. The van der Waals surface area contributed by atoms with Gasteiger partial charge in [0.2, 0.25) is 5.91 Å². The largest absolute Gasteiger partial charge is 0.497 e. The molecule has 1 saturated heterocycles. The molecule has 0 saturated carbocycles. The van der Waals surface area contributed by atoms with Gasteiger partial charge in [0.25, 0.3) is 5.91 Å². The number of ether oxygens (including phenoxy) is 1. The van der Waals surface area contributed by atoms with Crippen molar-refractivity contribution in [2.45, 2.75) is 18.9 Å². The zero-order valence-corrected chi connectivity index (χ0v) is 21.5. The number of hydrogen-bond acceptors (Lipinski definition) is 5. The molecule has 186 valence electrons. The fraction of sp³-hybridized carbons (Fsp3) is 0.250. The molecule has 1 aliphatic rings. The Balaban J connectivity index is 1.54. The third-order valence-corrected chi connectivity index (χ3v) is 6.60. The number of methoxy groups -OCH3 is 1. The first kappa shape index (κ1) is 25.2. The van der Waals surface area contributed by atoms with Crippen LogP contribution in [0.25, 0.3) is 0 Å². The summed E-state index contributed by atoms with van der Waals surface area (Å²) in [5.74, 6) is 0.249. The van der Waals surface area contributed by atoms with Crippen LogP contribution >= 0.6 is 12.2 Å². The minimum atomic E-state index is -0.687. The van der Waals surface area contributed by atoms with Crippen molar-refractivity contribution in [3.8, 4) is 5.75 Å². The number of thiocarbonyl (C=S) groups is 1. The van der Waals surface area contributed by atoms with Gasteiger partial charge in [-0.25, -0.2) is 0 Å². The Morgan fingerprint density at radius 2 is 1.67 bits per heavy atom. The van der Waals surface area contributed by atoms with Crippen molar-refractivity contribution in [3.63, 3.8) is 0 Å². The quantitative estimate of drug-likeness (QED) is 0.440. The Bertz CT molecular complexity index is 1210. The zero-order valence-electron chi connectivity index (χ0n) is 20.7. The fourth-order valence-corrected chi connectivity index (χ4v) is 4.59. The molecule has 0 aliphatic carbocycles. The molecule has 1 N–H and O–H groups in total. The standard InChI is InChI=1S/C28H30N4O3S/c1-30(2)22-11-13-23(14-12-22)32-27(34)25(19-26(33)29-21-9-15-24(35-3)16-10-21)31(28(32)36)18-17-20-7-5-4-6-8-20/h4-16,25H,17-19H2,1-3H3,(H,29,33). The first-order chi connectivity index (χ1) is 17.4. The lowest BCUT2D eigenvalue weighted by molar-refractivity contribution is -0.124. The van der Waals surface area contributed by atoms with Gasteiger partial charge in [-0.2, -0.15) is 0 Å². The Hall–Kier alpha value is -3.91. The fourth-order valence-electron chi connectivity index (χ4n) is 4.18. The van der Waals surface area contributed by atoms with Gasteiger partial charge in [-0.1, -0.05) is 30.3 Å². The molecule has 0 spiro atoms. The van der Waals surface area contributed by atoms with Crippen molar-refractivity contribution in [2.24, 2.45) is 0 Å². The van der Waals surface area contributed by atoms with Gasteiger partial charge in [-0.3, -0.25) is 14.5 Å². The Labute approximate surface area is 217 Å². The molecular formula is C28H30N4O3S. The van der Waals surface area contributed by atoms with E-state index in [-0.39, 0.29) is 18.2 Å². The molecule has 7 nitrogen and oxygen atoms in total. The van der Waals surface area contributed by atoms with E-state index in [1.165, 1.54) is 0 Å². The van der Waals surface area contributed by atoms with Crippen LogP contribution in [0.3, 0.4) is 0 Å². The summed E-state index contributed by atoms with van der Waals surface area (Å²) in [6, 6.07) is 24.1. The van der Waals surface area contributed by atoms with E-state index in [0.717, 1.165) is 11.3 Å². The highest BCUT2D eigenvalue weighted by atomic mass is 32.1. The van der Waals surface area contributed by atoms with Crippen molar-refractivity contribution in [3.05, 3.63) is 84.4 Å². The number of rotatable bonds is 9. The van der Waals surface area contributed by atoms with Gasteiger partial charge in [0.15, 0.2) is 5.11 Å². The summed E-state index contributed by atoms with van der Waals surface area (Å²) in [5.41, 5.74) is 3.50. The maximum absolute atomic E-state index is 13.6. The molecule has 36 heavy (non-hydrogen) atoms. The third-order valence-electron chi connectivity index (χ3n) is 6.18. The topological polar surface area (TPSA) is 65.1 Å². The Morgan fingerprint density at radius 1 is 1.00 bits per heavy atom. The molecule has 0 aromatic heterocycles. The molecule has 1 heterocycles. The highest BCUT2D eigenvalue weighted by molar-refractivity contribution is 7.80. The van der Waals surface area contributed by atoms with Crippen molar-refractivity contribution >= 4 is 46.2 Å². The number of carbonyl (C=O) groups excluding carboxylic acids is 2. The van der Waals surface area contributed by atoms with Crippen LogP contribution in [0.2, 0.25) is 0 Å². The van der Waals surface area contributed by atoms with Crippen LogP contribution in [-0.2, 0) is 16.0 Å². The van der Waals surface area contributed by atoms with Gasteiger partial charge in [0.1, 0.15) is 11.8 Å². The molecule has 1 unspecified atom stereocenters. The Morgan fingerprint density at radius 3 is 2.28 bits per heavy atom. The minimum Gasteiger partial charge on any atom is -0.497 e. The van der Waals surface area contributed by atoms with Crippen LogP contribution in [0.15, 0.2) is 78.9 Å². The molecule has 2 amide bonds. The minimum absolute atomic E-state index is 0.00786. The first-order valence-electron chi connectivity index (χ1n) is 11.8. The van der Waals surface area contributed by atoms with E-state index in [1.54, 1.807) is 36.3 Å². The van der Waals surface area contributed by atoms with Crippen molar-refractivity contribution in [2.75, 3.05) is 42.9 Å². The van der Waals surface area contributed by atoms with E-state index in [9.17, 15) is 9.59 Å². The van der Waals surface area contributed by atoms with E-state index in [0.29, 0.717) is 35.2 Å². The van der Waals surface area contributed by atoms with Crippen LogP contribution in [0.4, 0.5) is 17.1 Å². The zero-order chi connectivity index (χ0) is 25.7. The van der Waals surface area contributed by atoms with E-state index in [4.69, 9.17) is 17.0 Å². The molecule has 1 aliphatic heterocycles. The lowest BCUT2D eigenvalue weighted by Crippen LogP contribution is -2.39. The second-order valence-electron chi connectivity index (χ2n) is 8.79. The molecule has 3 aromatic carbocycles. The first-order valence-corrected chi connectivity index (χ1v) is 12.2. The van der Waals surface area contributed by atoms with Crippen molar-refractivity contribution < 1.29 is 14.3 Å². The molecule has 1 atom stereocenters. The van der Waals surface area contributed by atoms with Crippen molar-refractivity contribution in [1.29, 1.82) is 0 Å².